The van der Waals surface area contributed by atoms with Crippen LogP contribution in [0.4, 0.5) is 11.4 Å². The Labute approximate surface area is 160 Å². The van der Waals surface area contributed by atoms with E-state index in [0.717, 1.165) is 38.9 Å². The zero-order valence-electron chi connectivity index (χ0n) is 16.1. The third-order valence-electron chi connectivity index (χ3n) is 5.93. The topological polar surface area (TPSA) is 78.7 Å². The summed E-state index contributed by atoms with van der Waals surface area (Å²) >= 11 is 0. The summed E-state index contributed by atoms with van der Waals surface area (Å²) in [5.41, 5.74) is 0.790. The van der Waals surface area contributed by atoms with E-state index in [9.17, 15) is 14.9 Å². The van der Waals surface area contributed by atoms with Crippen molar-refractivity contribution in [2.75, 3.05) is 37.6 Å². The number of hydrogen-bond acceptors (Lipinski definition) is 5. The van der Waals surface area contributed by atoms with Gasteiger partial charge in [-0.05, 0) is 51.3 Å². The number of nitrogens with one attached hydrogen (secondary N) is 1. The van der Waals surface area contributed by atoms with Crippen molar-refractivity contribution in [3.8, 4) is 0 Å². The van der Waals surface area contributed by atoms with Crippen LogP contribution in [0.3, 0.4) is 0 Å². The molecule has 2 fully saturated rings. The Morgan fingerprint density at radius 3 is 2.52 bits per heavy atom. The first-order valence-corrected chi connectivity index (χ1v) is 10.1. The van der Waals surface area contributed by atoms with Crippen molar-refractivity contribution in [1.82, 2.24) is 10.2 Å². The third-order valence-corrected chi connectivity index (χ3v) is 5.93. The van der Waals surface area contributed by atoms with Gasteiger partial charge < -0.3 is 10.2 Å². The van der Waals surface area contributed by atoms with E-state index in [4.69, 9.17) is 0 Å². The van der Waals surface area contributed by atoms with Gasteiger partial charge in [-0.2, -0.15) is 0 Å². The molecule has 0 radical (unpaired) electrons. The lowest BCUT2D eigenvalue weighted by atomic mass is 9.95. The minimum atomic E-state index is -0.336. The van der Waals surface area contributed by atoms with Crippen LogP contribution >= 0.6 is 0 Å². The molecular formula is C20H30N4O3. The van der Waals surface area contributed by atoms with E-state index < -0.39 is 0 Å². The summed E-state index contributed by atoms with van der Waals surface area (Å²) in [6, 6.07) is 7.28. The van der Waals surface area contributed by atoms with E-state index in [1.54, 1.807) is 12.1 Å². The fourth-order valence-electron chi connectivity index (χ4n) is 4.27. The van der Waals surface area contributed by atoms with Gasteiger partial charge in [-0.3, -0.25) is 19.8 Å². The number of carbonyl (C=O) groups is 1. The molecule has 2 aliphatic rings. The summed E-state index contributed by atoms with van der Waals surface area (Å²) in [4.78, 5) is 28.0. The van der Waals surface area contributed by atoms with Crippen molar-refractivity contribution in [2.24, 2.45) is 5.92 Å². The number of hydrogen-bond donors (Lipinski definition) is 1. The molecule has 2 saturated heterocycles. The van der Waals surface area contributed by atoms with Crippen LogP contribution in [-0.2, 0) is 4.79 Å². The first-order chi connectivity index (χ1) is 13.1. The number of anilines is 1. The van der Waals surface area contributed by atoms with Crippen molar-refractivity contribution in [2.45, 2.75) is 45.1 Å². The summed E-state index contributed by atoms with van der Waals surface area (Å²) in [5.74, 6) is 0.134. The fourth-order valence-corrected chi connectivity index (χ4v) is 4.27. The van der Waals surface area contributed by atoms with E-state index in [2.05, 4.69) is 17.1 Å². The lowest BCUT2D eigenvalue weighted by molar-refractivity contribution is -0.384. The van der Waals surface area contributed by atoms with Gasteiger partial charge in [0.25, 0.3) is 5.69 Å². The van der Waals surface area contributed by atoms with E-state index in [-0.39, 0.29) is 22.4 Å². The highest BCUT2D eigenvalue weighted by Crippen LogP contribution is 2.31. The molecule has 2 aliphatic heterocycles. The molecule has 1 aromatic carbocycles. The third kappa shape index (κ3) is 4.77. The molecule has 7 nitrogen and oxygen atoms in total. The highest BCUT2D eigenvalue weighted by molar-refractivity contribution is 5.79. The van der Waals surface area contributed by atoms with Gasteiger partial charge in [0.2, 0.25) is 5.91 Å². The van der Waals surface area contributed by atoms with Crippen molar-refractivity contribution in [1.29, 1.82) is 0 Å². The molecule has 0 aromatic heterocycles. The molecule has 1 aromatic rings. The number of amides is 1. The molecular weight excluding hydrogens is 344 g/mol. The molecule has 0 spiro atoms. The first-order valence-electron chi connectivity index (χ1n) is 10.1. The molecule has 148 valence electrons. The Bertz CT molecular complexity index is 652. The van der Waals surface area contributed by atoms with Gasteiger partial charge >= 0.3 is 0 Å². The van der Waals surface area contributed by atoms with E-state index in [1.165, 1.54) is 18.9 Å². The lowest BCUT2D eigenvalue weighted by Crippen LogP contribution is -2.46. The molecule has 0 saturated carbocycles. The second-order valence-corrected chi connectivity index (χ2v) is 7.56. The Balaban J connectivity index is 1.50. The predicted molar refractivity (Wildman–Crippen MR) is 106 cm³/mol. The molecule has 0 aliphatic carbocycles. The molecule has 2 heterocycles. The number of benzene rings is 1. The minimum Gasteiger partial charge on any atom is -0.366 e. The maximum absolute atomic E-state index is 12.6. The molecule has 7 heteroatoms. The molecule has 3 rings (SSSR count). The molecule has 1 unspecified atom stereocenters. The van der Waals surface area contributed by atoms with E-state index in [0.29, 0.717) is 24.8 Å². The van der Waals surface area contributed by atoms with Gasteiger partial charge in [-0.25, -0.2) is 0 Å². The van der Waals surface area contributed by atoms with Gasteiger partial charge in [0.15, 0.2) is 0 Å². The number of nitrogens with zero attached hydrogens (tertiary/aromatic N) is 3. The van der Waals surface area contributed by atoms with E-state index >= 15 is 0 Å². The smallest absolute Gasteiger partial charge is 0.292 e. The molecule has 1 atom stereocenters. The van der Waals surface area contributed by atoms with Crippen LogP contribution in [0, 0.1) is 16.0 Å². The quantitative estimate of drug-likeness (QED) is 0.586. The van der Waals surface area contributed by atoms with Gasteiger partial charge in [0.05, 0.1) is 4.92 Å². The molecule has 0 bridgehead atoms. The largest absolute Gasteiger partial charge is 0.366 e. The van der Waals surface area contributed by atoms with Crippen LogP contribution in [-0.4, -0.2) is 54.5 Å². The Hall–Kier alpha value is -2.15. The monoisotopic (exact) mass is 374 g/mol. The van der Waals surface area contributed by atoms with Crippen LogP contribution < -0.4 is 10.2 Å². The van der Waals surface area contributed by atoms with Crippen LogP contribution in [0.15, 0.2) is 24.3 Å². The normalized spacial score (nSPS) is 19.8. The lowest BCUT2D eigenvalue weighted by Gasteiger charge is -2.33. The average Bonchev–Trinajstić information content (AvgIpc) is 3.23. The Morgan fingerprint density at radius 1 is 1.22 bits per heavy atom. The van der Waals surface area contributed by atoms with Crippen LogP contribution in [0.2, 0.25) is 0 Å². The van der Waals surface area contributed by atoms with Crippen molar-refractivity contribution >= 4 is 17.3 Å². The number of carbonyl (C=O) groups excluding carboxylic acids is 1. The Kier molecular flexibility index (Phi) is 6.66. The number of rotatable bonds is 7. The zero-order chi connectivity index (χ0) is 19.2. The summed E-state index contributed by atoms with van der Waals surface area (Å²) in [7, 11) is 0. The Morgan fingerprint density at radius 2 is 1.89 bits per heavy atom. The van der Waals surface area contributed by atoms with Crippen LogP contribution in [0.5, 0.6) is 0 Å². The molecule has 1 N–H and O–H groups in total. The summed E-state index contributed by atoms with van der Waals surface area (Å²) in [6.07, 6.45) is 5.04. The highest BCUT2D eigenvalue weighted by Gasteiger charge is 2.29. The second-order valence-electron chi connectivity index (χ2n) is 7.56. The molecule has 1 amide bonds. The van der Waals surface area contributed by atoms with Crippen molar-refractivity contribution < 1.29 is 9.72 Å². The second kappa shape index (κ2) is 9.17. The first kappa shape index (κ1) is 19.6. The van der Waals surface area contributed by atoms with Crippen LogP contribution in [0.1, 0.15) is 39.0 Å². The van der Waals surface area contributed by atoms with Gasteiger partial charge in [0, 0.05) is 37.7 Å². The average molecular weight is 374 g/mol. The highest BCUT2D eigenvalue weighted by atomic mass is 16.6. The number of piperidine rings is 1. The van der Waals surface area contributed by atoms with Gasteiger partial charge in [-0.1, -0.05) is 19.1 Å². The summed E-state index contributed by atoms with van der Waals surface area (Å²) < 4.78 is 0. The number of likely N-dealkylation sites (tertiary alicyclic amines) is 1. The van der Waals surface area contributed by atoms with Crippen molar-refractivity contribution in [3.63, 3.8) is 0 Å². The minimum absolute atomic E-state index is 0.0000950. The number of para-hydroxylation sites is 2. The van der Waals surface area contributed by atoms with Crippen molar-refractivity contribution in [3.05, 3.63) is 34.4 Å². The van der Waals surface area contributed by atoms with Gasteiger partial charge in [-0.15, -0.1) is 0 Å². The van der Waals surface area contributed by atoms with E-state index in [1.807, 2.05) is 11.0 Å². The summed E-state index contributed by atoms with van der Waals surface area (Å²) in [5, 5.41) is 14.4. The number of nitro groups is 1. The molecule has 27 heavy (non-hydrogen) atoms. The van der Waals surface area contributed by atoms with Crippen LogP contribution in [0.25, 0.3) is 0 Å². The SMILES string of the molecule is CCC(CNC(=O)C1CCN(c2ccccc2[N+](=O)[O-])CC1)N1CCCC1. The maximum atomic E-state index is 12.6. The number of nitro benzene ring substituents is 1. The predicted octanol–water partition coefficient (Wildman–Crippen LogP) is 2.80. The standard InChI is InChI=1S/C20H30N4O3/c1-2-17(22-11-5-6-12-22)15-21-20(25)16-9-13-23(14-10-16)18-7-3-4-8-19(18)24(26)27/h3-4,7-8,16-17H,2,5-6,9-15H2,1H3,(H,21,25). The fraction of sp³-hybridized carbons (Fsp3) is 0.650. The zero-order valence-corrected chi connectivity index (χ0v) is 16.1. The summed E-state index contributed by atoms with van der Waals surface area (Å²) in [6.45, 7) is 6.53. The van der Waals surface area contributed by atoms with Gasteiger partial charge in [0.1, 0.15) is 5.69 Å². The maximum Gasteiger partial charge on any atom is 0.292 e.